The highest BCUT2D eigenvalue weighted by Crippen LogP contribution is 2.19. The van der Waals surface area contributed by atoms with Crippen LogP contribution in [-0.2, 0) is 4.79 Å². The van der Waals surface area contributed by atoms with Crippen molar-refractivity contribution in [2.45, 2.75) is 72.6 Å². The molecule has 0 saturated heterocycles. The highest BCUT2D eigenvalue weighted by atomic mass is 16.1. The molecule has 1 atom stereocenters. The molecule has 90 valence electrons. The molecule has 0 radical (unpaired) electrons. The monoisotopic (exact) mass is 212 g/mol. The zero-order valence-electron chi connectivity index (χ0n) is 11.0. The van der Waals surface area contributed by atoms with Gasteiger partial charge in [-0.3, -0.25) is 4.79 Å². The largest absolute Gasteiger partial charge is 0.299 e. The predicted octanol–water partition coefficient (Wildman–Crippen LogP) is 4.60. The summed E-state index contributed by atoms with van der Waals surface area (Å²) in [6.07, 6.45) is 8.39. The van der Waals surface area contributed by atoms with Crippen LogP contribution in [0.5, 0.6) is 0 Å². The highest BCUT2D eigenvalue weighted by Gasteiger charge is 2.09. The van der Waals surface area contributed by atoms with E-state index in [0.717, 1.165) is 18.8 Å². The molecule has 0 N–H and O–H groups in total. The topological polar surface area (TPSA) is 17.1 Å². The number of carbonyl (C=O) groups is 1. The highest BCUT2D eigenvalue weighted by molar-refractivity contribution is 5.80. The summed E-state index contributed by atoms with van der Waals surface area (Å²) < 4.78 is 0. The first-order valence-corrected chi connectivity index (χ1v) is 6.64. The maximum absolute atomic E-state index is 11.4. The molecule has 0 saturated carbocycles. The third kappa shape index (κ3) is 7.58. The van der Waals surface area contributed by atoms with Gasteiger partial charge in [0.1, 0.15) is 5.78 Å². The Morgan fingerprint density at radius 1 is 1.07 bits per heavy atom. The Morgan fingerprint density at radius 2 is 1.67 bits per heavy atom. The van der Waals surface area contributed by atoms with Gasteiger partial charge in [-0.25, -0.2) is 0 Å². The normalized spacial score (nSPS) is 13.1. The van der Waals surface area contributed by atoms with Gasteiger partial charge in [0, 0.05) is 12.3 Å². The van der Waals surface area contributed by atoms with Crippen LogP contribution >= 0.6 is 0 Å². The van der Waals surface area contributed by atoms with Crippen molar-refractivity contribution in [1.82, 2.24) is 0 Å². The van der Waals surface area contributed by atoms with Gasteiger partial charge in [-0.2, -0.15) is 0 Å². The van der Waals surface area contributed by atoms with Crippen molar-refractivity contribution in [2.75, 3.05) is 0 Å². The molecule has 0 heterocycles. The van der Waals surface area contributed by atoms with E-state index in [1.807, 2.05) is 13.8 Å². The average molecular weight is 212 g/mol. The molecule has 0 aliphatic heterocycles. The predicted molar refractivity (Wildman–Crippen MR) is 67.0 cm³/mol. The van der Waals surface area contributed by atoms with Gasteiger partial charge in [0.15, 0.2) is 0 Å². The van der Waals surface area contributed by atoms with Gasteiger partial charge in [-0.1, -0.05) is 59.8 Å². The van der Waals surface area contributed by atoms with Crippen LogP contribution in [0.4, 0.5) is 0 Å². The van der Waals surface area contributed by atoms with E-state index in [9.17, 15) is 4.79 Å². The van der Waals surface area contributed by atoms with E-state index < -0.39 is 0 Å². The molecule has 0 aromatic carbocycles. The van der Waals surface area contributed by atoms with Crippen molar-refractivity contribution in [3.63, 3.8) is 0 Å². The number of rotatable bonds is 9. The lowest BCUT2D eigenvalue weighted by Crippen LogP contribution is -2.07. The summed E-state index contributed by atoms with van der Waals surface area (Å²) in [5.41, 5.74) is 0. The zero-order valence-corrected chi connectivity index (χ0v) is 11.0. The van der Waals surface area contributed by atoms with Crippen LogP contribution in [-0.4, -0.2) is 5.78 Å². The molecule has 0 aromatic rings. The fourth-order valence-electron chi connectivity index (χ4n) is 1.90. The zero-order chi connectivity index (χ0) is 11.7. The molecule has 15 heavy (non-hydrogen) atoms. The lowest BCUT2D eigenvalue weighted by molar-refractivity contribution is -0.122. The van der Waals surface area contributed by atoms with E-state index in [0.29, 0.717) is 5.78 Å². The quantitative estimate of drug-likeness (QED) is 0.546. The fourth-order valence-corrected chi connectivity index (χ4v) is 1.90. The van der Waals surface area contributed by atoms with Gasteiger partial charge in [0.25, 0.3) is 0 Å². The summed E-state index contributed by atoms with van der Waals surface area (Å²) in [6.45, 7) is 8.51. The summed E-state index contributed by atoms with van der Waals surface area (Å²) in [6, 6.07) is 0. The SMILES string of the molecule is CCCCC(CC)CCCC(=O)C(C)C. The Labute approximate surface area is 95.6 Å². The molecule has 0 bridgehead atoms. The minimum Gasteiger partial charge on any atom is -0.299 e. The van der Waals surface area contributed by atoms with Crippen molar-refractivity contribution < 1.29 is 4.79 Å². The maximum atomic E-state index is 11.4. The number of ketones is 1. The maximum Gasteiger partial charge on any atom is 0.135 e. The molecule has 0 spiro atoms. The van der Waals surface area contributed by atoms with Crippen molar-refractivity contribution in [3.05, 3.63) is 0 Å². The lowest BCUT2D eigenvalue weighted by atomic mass is 9.92. The molecule has 1 unspecified atom stereocenters. The van der Waals surface area contributed by atoms with Crippen molar-refractivity contribution in [1.29, 1.82) is 0 Å². The van der Waals surface area contributed by atoms with Crippen LogP contribution in [0.15, 0.2) is 0 Å². The van der Waals surface area contributed by atoms with E-state index >= 15 is 0 Å². The Balaban J connectivity index is 3.58. The Morgan fingerprint density at radius 3 is 2.13 bits per heavy atom. The third-order valence-corrected chi connectivity index (χ3v) is 3.22. The second-order valence-corrected chi connectivity index (χ2v) is 4.93. The molecule has 0 aromatic heterocycles. The summed E-state index contributed by atoms with van der Waals surface area (Å²) >= 11 is 0. The smallest absolute Gasteiger partial charge is 0.135 e. The molecule has 1 nitrogen and oxygen atoms in total. The molecule has 1 heteroatoms. The van der Waals surface area contributed by atoms with Crippen LogP contribution in [0.1, 0.15) is 72.6 Å². The minimum atomic E-state index is 0.223. The molecular formula is C14H28O. The number of hydrogen-bond acceptors (Lipinski definition) is 1. The standard InChI is InChI=1S/C14H28O/c1-5-7-9-13(6-2)10-8-11-14(15)12(3)4/h12-13H,5-11H2,1-4H3. The first kappa shape index (κ1) is 14.7. The Hall–Kier alpha value is -0.330. The van der Waals surface area contributed by atoms with Crippen molar-refractivity contribution in [3.8, 4) is 0 Å². The molecule has 0 rings (SSSR count). The van der Waals surface area contributed by atoms with Crippen molar-refractivity contribution in [2.24, 2.45) is 11.8 Å². The van der Waals surface area contributed by atoms with Crippen LogP contribution in [0.25, 0.3) is 0 Å². The van der Waals surface area contributed by atoms with E-state index in [2.05, 4.69) is 13.8 Å². The fraction of sp³-hybridized carbons (Fsp3) is 0.929. The van der Waals surface area contributed by atoms with Gasteiger partial charge < -0.3 is 0 Å². The summed E-state index contributed by atoms with van der Waals surface area (Å²) in [5.74, 6) is 1.51. The molecule has 0 amide bonds. The minimum absolute atomic E-state index is 0.223. The third-order valence-electron chi connectivity index (χ3n) is 3.22. The summed E-state index contributed by atoms with van der Waals surface area (Å²) in [4.78, 5) is 11.4. The Kier molecular flexibility index (Phi) is 8.74. The van der Waals surface area contributed by atoms with Crippen LogP contribution in [0.3, 0.4) is 0 Å². The number of Topliss-reactive ketones (excluding diaryl/α,β-unsaturated/α-hetero) is 1. The second-order valence-electron chi connectivity index (χ2n) is 4.93. The van der Waals surface area contributed by atoms with Crippen LogP contribution < -0.4 is 0 Å². The number of carbonyl (C=O) groups excluding carboxylic acids is 1. The van der Waals surface area contributed by atoms with E-state index in [-0.39, 0.29) is 5.92 Å². The van der Waals surface area contributed by atoms with E-state index in [1.165, 1.54) is 32.1 Å². The first-order chi connectivity index (χ1) is 7.11. The lowest BCUT2D eigenvalue weighted by Gasteiger charge is -2.14. The van der Waals surface area contributed by atoms with E-state index in [4.69, 9.17) is 0 Å². The summed E-state index contributed by atoms with van der Waals surface area (Å²) in [5, 5.41) is 0. The molecular weight excluding hydrogens is 184 g/mol. The molecule has 0 aliphatic carbocycles. The summed E-state index contributed by atoms with van der Waals surface area (Å²) in [7, 11) is 0. The second kappa shape index (κ2) is 8.94. The van der Waals surface area contributed by atoms with Gasteiger partial charge in [-0.15, -0.1) is 0 Å². The molecule has 0 aliphatic rings. The van der Waals surface area contributed by atoms with Crippen LogP contribution in [0, 0.1) is 11.8 Å². The van der Waals surface area contributed by atoms with E-state index in [1.54, 1.807) is 0 Å². The van der Waals surface area contributed by atoms with Gasteiger partial charge in [0.2, 0.25) is 0 Å². The van der Waals surface area contributed by atoms with Gasteiger partial charge in [0.05, 0.1) is 0 Å². The van der Waals surface area contributed by atoms with Gasteiger partial charge in [-0.05, 0) is 12.3 Å². The van der Waals surface area contributed by atoms with Gasteiger partial charge >= 0.3 is 0 Å². The first-order valence-electron chi connectivity index (χ1n) is 6.64. The van der Waals surface area contributed by atoms with Crippen molar-refractivity contribution >= 4 is 5.78 Å². The Bertz CT molecular complexity index is 161. The average Bonchev–Trinajstić information content (AvgIpc) is 2.22. The number of hydrogen-bond donors (Lipinski definition) is 0. The van der Waals surface area contributed by atoms with Crippen LogP contribution in [0.2, 0.25) is 0 Å². The molecule has 0 fully saturated rings. The number of unbranched alkanes of at least 4 members (excludes halogenated alkanes) is 1.